The summed E-state index contributed by atoms with van der Waals surface area (Å²) in [4.78, 5) is 28.6. The molecule has 112 valence electrons. The number of aliphatic hydroxyl groups excluding tert-OH is 3. The highest BCUT2D eigenvalue weighted by atomic mass is 19.3. The van der Waals surface area contributed by atoms with E-state index in [2.05, 4.69) is 9.98 Å². The molecular formula is C9H11FN2O8. The van der Waals surface area contributed by atoms with Crippen LogP contribution in [-0.2, 0) is 20.6 Å². The number of aromatic nitrogens is 2. The van der Waals surface area contributed by atoms with Gasteiger partial charge in [-0.25, -0.2) is 9.36 Å². The van der Waals surface area contributed by atoms with Crippen molar-refractivity contribution >= 4 is 0 Å². The highest BCUT2D eigenvalue weighted by Crippen LogP contribution is 2.35. The fourth-order valence-corrected chi connectivity index (χ4v) is 1.94. The quantitative estimate of drug-likeness (QED) is 0.342. The van der Waals surface area contributed by atoms with E-state index in [-0.39, 0.29) is 0 Å². The average molecular weight is 294 g/mol. The standard InChI is InChI=1S/C9H11FN2O8/c10-20-19-9(7(16)6(15)4(3-13)18-9)12-2-1-5(14)11-8(12)17/h1-2,4,6-7,13,15-16H,3H2,(H,11,14,17)/t4-,6-,7-,9+/m1/s1. The molecule has 20 heavy (non-hydrogen) atoms. The monoisotopic (exact) mass is 294 g/mol. The molecule has 0 unspecified atom stereocenters. The number of aliphatic hydroxyl groups is 3. The topological polar surface area (TPSA) is 143 Å². The minimum absolute atomic E-state index is 0.470. The van der Waals surface area contributed by atoms with E-state index in [1.165, 1.54) is 0 Å². The summed E-state index contributed by atoms with van der Waals surface area (Å²) in [7, 11) is 0. The number of hydrogen-bond acceptors (Lipinski definition) is 8. The average Bonchev–Trinajstić information content (AvgIpc) is 2.65. The van der Waals surface area contributed by atoms with Gasteiger partial charge in [0.15, 0.2) is 6.10 Å². The van der Waals surface area contributed by atoms with Gasteiger partial charge in [0.1, 0.15) is 12.2 Å². The number of rotatable bonds is 4. The molecule has 1 aromatic heterocycles. The largest absolute Gasteiger partial charge is 0.394 e. The zero-order valence-corrected chi connectivity index (χ0v) is 9.80. The maximum absolute atomic E-state index is 12.1. The van der Waals surface area contributed by atoms with Crippen LogP contribution in [0.1, 0.15) is 0 Å². The SMILES string of the molecule is O=c1ccn([C@]2(OOF)O[C@H](CO)[C@@H](O)[C@H]2O)c(=O)[nH]1. The fraction of sp³-hybridized carbons (Fsp3) is 0.556. The Morgan fingerprint density at radius 3 is 2.70 bits per heavy atom. The lowest BCUT2D eigenvalue weighted by molar-refractivity contribution is -0.545. The van der Waals surface area contributed by atoms with Crippen LogP contribution in [0, 0.1) is 0 Å². The molecule has 0 radical (unpaired) electrons. The van der Waals surface area contributed by atoms with Crippen molar-refractivity contribution in [2.24, 2.45) is 0 Å². The van der Waals surface area contributed by atoms with Gasteiger partial charge in [-0.05, 0) is 9.62 Å². The van der Waals surface area contributed by atoms with E-state index in [9.17, 15) is 24.3 Å². The first kappa shape index (κ1) is 14.8. The lowest BCUT2D eigenvalue weighted by Crippen LogP contribution is -2.53. The van der Waals surface area contributed by atoms with Crippen molar-refractivity contribution in [3.05, 3.63) is 33.1 Å². The van der Waals surface area contributed by atoms with Crippen LogP contribution in [0.2, 0.25) is 0 Å². The van der Waals surface area contributed by atoms with Crippen LogP contribution in [0.25, 0.3) is 0 Å². The third-order valence-electron chi connectivity index (χ3n) is 2.89. The van der Waals surface area contributed by atoms with Gasteiger partial charge in [0.05, 0.1) is 6.61 Å². The van der Waals surface area contributed by atoms with Gasteiger partial charge >= 0.3 is 11.6 Å². The van der Waals surface area contributed by atoms with Gasteiger partial charge in [-0.1, -0.05) is 0 Å². The smallest absolute Gasteiger partial charge is 0.332 e. The first-order chi connectivity index (χ1) is 9.46. The number of aromatic amines is 1. The molecule has 1 saturated heterocycles. The maximum atomic E-state index is 12.1. The van der Waals surface area contributed by atoms with Crippen molar-refractivity contribution in [2.45, 2.75) is 24.2 Å². The molecule has 0 aliphatic carbocycles. The molecule has 1 aliphatic heterocycles. The summed E-state index contributed by atoms with van der Waals surface area (Å²) in [6.45, 7) is -0.742. The molecule has 2 heterocycles. The molecule has 0 amide bonds. The summed E-state index contributed by atoms with van der Waals surface area (Å²) in [6.07, 6.45) is -4.18. The van der Waals surface area contributed by atoms with E-state index >= 15 is 0 Å². The number of halogens is 1. The predicted octanol–water partition coefficient (Wildman–Crippen LogP) is -2.91. The van der Waals surface area contributed by atoms with Crippen LogP contribution in [0.3, 0.4) is 0 Å². The number of hydrogen-bond donors (Lipinski definition) is 4. The molecule has 11 heteroatoms. The van der Waals surface area contributed by atoms with Gasteiger partial charge in [-0.15, -0.1) is 4.89 Å². The van der Waals surface area contributed by atoms with Gasteiger partial charge < -0.3 is 20.1 Å². The molecule has 0 aromatic carbocycles. The summed E-state index contributed by atoms with van der Waals surface area (Å²) < 4.78 is 17.5. The van der Waals surface area contributed by atoms with Crippen molar-refractivity contribution < 1.29 is 34.6 Å². The summed E-state index contributed by atoms with van der Waals surface area (Å²) in [6, 6.07) is 0.874. The molecule has 0 spiro atoms. The molecule has 0 bridgehead atoms. The van der Waals surface area contributed by atoms with Crippen molar-refractivity contribution in [1.29, 1.82) is 0 Å². The Labute approximate surface area is 109 Å². The Balaban J connectivity index is 2.55. The Hall–Kier alpha value is -1.63. The molecular weight excluding hydrogens is 283 g/mol. The number of H-pyrrole nitrogens is 1. The number of nitrogens with zero attached hydrogens (tertiary/aromatic N) is 1. The lowest BCUT2D eigenvalue weighted by Gasteiger charge is -2.29. The summed E-state index contributed by atoms with van der Waals surface area (Å²) in [5.74, 6) is -2.59. The van der Waals surface area contributed by atoms with Crippen LogP contribution in [0.15, 0.2) is 21.9 Å². The third-order valence-corrected chi connectivity index (χ3v) is 2.89. The van der Waals surface area contributed by atoms with Gasteiger partial charge in [-0.3, -0.25) is 9.78 Å². The Kier molecular flexibility index (Phi) is 3.99. The molecule has 2 rings (SSSR count). The second-order valence-electron chi connectivity index (χ2n) is 4.03. The second-order valence-corrected chi connectivity index (χ2v) is 4.03. The van der Waals surface area contributed by atoms with Gasteiger partial charge in [0.2, 0.25) is 0 Å². The summed E-state index contributed by atoms with van der Waals surface area (Å²) in [5, 5.41) is 31.5. The van der Waals surface area contributed by atoms with E-state index in [0.29, 0.717) is 4.57 Å². The van der Waals surface area contributed by atoms with E-state index in [0.717, 1.165) is 12.3 Å². The second kappa shape index (κ2) is 5.40. The van der Waals surface area contributed by atoms with Crippen LogP contribution in [-0.4, -0.2) is 49.8 Å². The Morgan fingerprint density at radius 1 is 1.50 bits per heavy atom. The lowest BCUT2D eigenvalue weighted by atomic mass is 10.1. The molecule has 1 fully saturated rings. The van der Waals surface area contributed by atoms with Gasteiger partial charge in [0.25, 0.3) is 5.56 Å². The minimum Gasteiger partial charge on any atom is -0.394 e. The van der Waals surface area contributed by atoms with Crippen molar-refractivity contribution in [3.63, 3.8) is 0 Å². The normalized spacial score (nSPS) is 33.5. The first-order valence-corrected chi connectivity index (χ1v) is 5.40. The van der Waals surface area contributed by atoms with Crippen molar-refractivity contribution in [2.75, 3.05) is 6.61 Å². The highest BCUT2D eigenvalue weighted by Gasteiger charge is 2.59. The maximum Gasteiger partial charge on any atom is 0.332 e. The number of ether oxygens (including phenoxy) is 1. The van der Waals surface area contributed by atoms with E-state index in [1.54, 1.807) is 0 Å². The van der Waals surface area contributed by atoms with Crippen molar-refractivity contribution in [1.82, 2.24) is 9.55 Å². The zero-order valence-electron chi connectivity index (χ0n) is 9.80. The van der Waals surface area contributed by atoms with Crippen LogP contribution in [0.5, 0.6) is 0 Å². The predicted molar refractivity (Wildman–Crippen MR) is 56.5 cm³/mol. The molecule has 4 N–H and O–H groups in total. The molecule has 4 atom stereocenters. The van der Waals surface area contributed by atoms with E-state index in [4.69, 9.17) is 9.84 Å². The first-order valence-electron chi connectivity index (χ1n) is 5.40. The Bertz CT molecular complexity index is 588. The number of nitrogens with one attached hydrogen (secondary N) is 1. The summed E-state index contributed by atoms with van der Waals surface area (Å²) in [5.41, 5.74) is -1.87. The van der Waals surface area contributed by atoms with Crippen molar-refractivity contribution in [3.8, 4) is 0 Å². The highest BCUT2D eigenvalue weighted by molar-refractivity contribution is 4.97. The molecule has 0 saturated carbocycles. The van der Waals surface area contributed by atoms with Crippen LogP contribution < -0.4 is 11.2 Å². The fourth-order valence-electron chi connectivity index (χ4n) is 1.94. The van der Waals surface area contributed by atoms with Gasteiger partial charge in [0, 0.05) is 12.3 Å². The van der Waals surface area contributed by atoms with Crippen LogP contribution >= 0.6 is 0 Å². The minimum atomic E-state index is -2.59. The van der Waals surface area contributed by atoms with Gasteiger partial charge in [-0.2, -0.15) is 0 Å². The molecule has 1 aromatic rings. The molecule has 1 aliphatic rings. The third kappa shape index (κ3) is 2.15. The van der Waals surface area contributed by atoms with E-state index in [1.807, 2.05) is 4.98 Å². The van der Waals surface area contributed by atoms with Crippen LogP contribution in [0.4, 0.5) is 4.53 Å². The zero-order chi connectivity index (χ0) is 14.9. The molecule has 10 nitrogen and oxygen atoms in total. The van der Waals surface area contributed by atoms with E-state index < -0.39 is 42.1 Å². The summed E-state index contributed by atoms with van der Waals surface area (Å²) >= 11 is 0. The Morgan fingerprint density at radius 2 is 2.20 bits per heavy atom.